The Balaban J connectivity index is 3.32. The summed E-state index contributed by atoms with van der Waals surface area (Å²) >= 11 is 1.69. The van der Waals surface area contributed by atoms with Gasteiger partial charge in [-0.15, -0.1) is 0 Å². The minimum absolute atomic E-state index is 0.112. The van der Waals surface area contributed by atoms with Gasteiger partial charge in [0.05, 0.1) is 5.75 Å². The van der Waals surface area contributed by atoms with Crippen LogP contribution in [0.2, 0.25) is 0 Å². The third-order valence-electron chi connectivity index (χ3n) is 2.14. The molecule has 0 fully saturated rings. The van der Waals surface area contributed by atoms with Gasteiger partial charge >= 0.3 is 0 Å². The zero-order chi connectivity index (χ0) is 11.5. The molecule has 0 bridgehead atoms. The molecule has 0 spiro atoms. The van der Waals surface area contributed by atoms with Crippen LogP contribution in [0.3, 0.4) is 0 Å². The highest BCUT2D eigenvalue weighted by atomic mass is 32.2. The number of unbranched alkanes of at least 4 members (excludes halogenated alkanes) is 1. The van der Waals surface area contributed by atoms with E-state index < -0.39 is 0 Å². The summed E-state index contributed by atoms with van der Waals surface area (Å²) in [6.07, 6.45) is 3.12. The van der Waals surface area contributed by atoms with Crippen molar-refractivity contribution in [3.63, 3.8) is 0 Å². The van der Waals surface area contributed by atoms with Gasteiger partial charge in [0, 0.05) is 13.2 Å². The molecule has 0 saturated carbocycles. The number of hydrogen-bond acceptors (Lipinski definition) is 3. The zero-order valence-corrected chi connectivity index (χ0v) is 10.6. The van der Waals surface area contributed by atoms with Crippen molar-refractivity contribution in [1.29, 1.82) is 0 Å². The molecule has 0 saturated heterocycles. The summed E-state index contributed by atoms with van der Waals surface area (Å²) in [5, 5.41) is 11.6. The van der Waals surface area contributed by atoms with E-state index in [-0.39, 0.29) is 12.5 Å². The van der Waals surface area contributed by atoms with Crippen molar-refractivity contribution in [2.45, 2.75) is 33.1 Å². The summed E-state index contributed by atoms with van der Waals surface area (Å²) in [5.41, 5.74) is 0. The van der Waals surface area contributed by atoms with Gasteiger partial charge < -0.3 is 10.4 Å². The van der Waals surface area contributed by atoms with Crippen LogP contribution >= 0.6 is 11.8 Å². The third-order valence-corrected chi connectivity index (χ3v) is 3.19. The van der Waals surface area contributed by atoms with Crippen molar-refractivity contribution < 1.29 is 9.90 Å². The lowest BCUT2D eigenvalue weighted by molar-refractivity contribution is -0.118. The second-order valence-electron chi connectivity index (χ2n) is 3.83. The lowest BCUT2D eigenvalue weighted by atomic mass is 10.1. The molecular weight excluding hydrogens is 210 g/mol. The number of rotatable bonds is 9. The van der Waals surface area contributed by atoms with Gasteiger partial charge in [-0.25, -0.2) is 0 Å². The number of aliphatic hydroxyl groups excluding tert-OH is 1. The Labute approximate surface area is 97.0 Å². The molecule has 0 aliphatic heterocycles. The van der Waals surface area contributed by atoms with Gasteiger partial charge in [0.2, 0.25) is 5.91 Å². The highest BCUT2D eigenvalue weighted by Crippen LogP contribution is 2.04. The topological polar surface area (TPSA) is 49.3 Å². The van der Waals surface area contributed by atoms with Crippen molar-refractivity contribution in [3.05, 3.63) is 0 Å². The van der Waals surface area contributed by atoms with Gasteiger partial charge in [-0.2, -0.15) is 11.8 Å². The van der Waals surface area contributed by atoms with E-state index >= 15 is 0 Å². The Hall–Kier alpha value is -0.220. The molecule has 0 heterocycles. The quantitative estimate of drug-likeness (QED) is 0.595. The number of hydrogen-bond donors (Lipinski definition) is 2. The van der Waals surface area contributed by atoms with Crippen LogP contribution < -0.4 is 5.32 Å². The fourth-order valence-electron chi connectivity index (χ4n) is 1.07. The first-order valence-corrected chi connectivity index (χ1v) is 6.81. The standard InChI is InChI=1S/C11H23NO2S/c1-3-4-7-15-9-11(14)12-8-10(2)5-6-13/h10,13H,3-9H2,1-2H3,(H,12,14). The molecule has 0 rings (SSSR count). The average molecular weight is 233 g/mol. The Bertz CT molecular complexity index is 165. The number of aliphatic hydroxyl groups is 1. The van der Waals surface area contributed by atoms with Crippen molar-refractivity contribution in [3.8, 4) is 0 Å². The van der Waals surface area contributed by atoms with Crippen molar-refractivity contribution in [1.82, 2.24) is 5.32 Å². The van der Waals surface area contributed by atoms with E-state index in [2.05, 4.69) is 12.2 Å². The van der Waals surface area contributed by atoms with Gasteiger partial charge in [-0.3, -0.25) is 4.79 Å². The first kappa shape index (κ1) is 14.8. The van der Waals surface area contributed by atoms with E-state index in [1.54, 1.807) is 11.8 Å². The molecule has 2 N–H and O–H groups in total. The number of nitrogens with one attached hydrogen (secondary N) is 1. The average Bonchev–Trinajstić information content (AvgIpc) is 2.22. The molecule has 0 aliphatic carbocycles. The summed E-state index contributed by atoms with van der Waals surface area (Å²) in [4.78, 5) is 11.3. The second kappa shape index (κ2) is 10.3. The summed E-state index contributed by atoms with van der Waals surface area (Å²) < 4.78 is 0. The molecule has 0 aromatic heterocycles. The summed E-state index contributed by atoms with van der Waals surface area (Å²) in [5.74, 6) is 2.10. The van der Waals surface area contributed by atoms with Crippen LogP contribution in [-0.4, -0.2) is 35.7 Å². The normalized spacial score (nSPS) is 12.5. The number of amides is 1. The van der Waals surface area contributed by atoms with Crippen LogP contribution in [0.25, 0.3) is 0 Å². The molecule has 3 nitrogen and oxygen atoms in total. The molecule has 0 aliphatic rings. The first-order chi connectivity index (χ1) is 7.20. The van der Waals surface area contributed by atoms with Crippen LogP contribution in [0.4, 0.5) is 0 Å². The van der Waals surface area contributed by atoms with Crippen LogP contribution in [0.5, 0.6) is 0 Å². The van der Waals surface area contributed by atoms with Crippen LogP contribution in [0, 0.1) is 5.92 Å². The Morgan fingerprint density at radius 3 is 2.87 bits per heavy atom. The molecule has 1 amide bonds. The molecule has 90 valence electrons. The molecular formula is C11H23NO2S. The van der Waals surface area contributed by atoms with E-state index in [1.807, 2.05) is 6.92 Å². The molecule has 4 heteroatoms. The molecule has 1 atom stereocenters. The van der Waals surface area contributed by atoms with Gasteiger partial charge in [-0.1, -0.05) is 20.3 Å². The Morgan fingerprint density at radius 1 is 1.53 bits per heavy atom. The second-order valence-corrected chi connectivity index (χ2v) is 4.93. The maximum Gasteiger partial charge on any atom is 0.230 e. The largest absolute Gasteiger partial charge is 0.396 e. The predicted molar refractivity (Wildman–Crippen MR) is 66.1 cm³/mol. The van der Waals surface area contributed by atoms with Crippen molar-refractivity contribution in [2.24, 2.45) is 5.92 Å². The van der Waals surface area contributed by atoms with E-state index in [9.17, 15) is 4.79 Å². The highest BCUT2D eigenvalue weighted by Gasteiger charge is 2.04. The minimum Gasteiger partial charge on any atom is -0.396 e. The lowest BCUT2D eigenvalue weighted by Crippen LogP contribution is -2.30. The number of carbonyl (C=O) groups excluding carboxylic acids is 1. The predicted octanol–water partition coefficient (Wildman–Crippen LogP) is 1.65. The Kier molecular flexibility index (Phi) is 10.2. The monoisotopic (exact) mass is 233 g/mol. The van der Waals surface area contributed by atoms with Crippen LogP contribution in [-0.2, 0) is 4.79 Å². The van der Waals surface area contributed by atoms with E-state index in [1.165, 1.54) is 12.8 Å². The van der Waals surface area contributed by atoms with E-state index in [0.717, 1.165) is 12.2 Å². The first-order valence-electron chi connectivity index (χ1n) is 5.66. The van der Waals surface area contributed by atoms with E-state index in [4.69, 9.17) is 5.11 Å². The van der Waals surface area contributed by atoms with Crippen LogP contribution in [0.1, 0.15) is 33.1 Å². The highest BCUT2D eigenvalue weighted by molar-refractivity contribution is 7.99. The number of thioether (sulfide) groups is 1. The fourth-order valence-corrected chi connectivity index (χ4v) is 2.00. The smallest absolute Gasteiger partial charge is 0.230 e. The minimum atomic E-state index is 0.112. The van der Waals surface area contributed by atoms with Gasteiger partial charge in [-0.05, 0) is 24.5 Å². The fraction of sp³-hybridized carbons (Fsp3) is 0.909. The van der Waals surface area contributed by atoms with Crippen LogP contribution in [0.15, 0.2) is 0 Å². The molecule has 15 heavy (non-hydrogen) atoms. The summed E-state index contributed by atoms with van der Waals surface area (Å²) in [6.45, 7) is 5.05. The SMILES string of the molecule is CCCCSCC(=O)NCC(C)CCO. The van der Waals surface area contributed by atoms with Gasteiger partial charge in [0.15, 0.2) is 0 Å². The Morgan fingerprint density at radius 2 is 2.27 bits per heavy atom. The number of carbonyl (C=O) groups is 1. The van der Waals surface area contributed by atoms with Crippen molar-refractivity contribution >= 4 is 17.7 Å². The van der Waals surface area contributed by atoms with E-state index in [0.29, 0.717) is 18.2 Å². The maximum absolute atomic E-state index is 11.3. The third kappa shape index (κ3) is 10.1. The van der Waals surface area contributed by atoms with Gasteiger partial charge in [0.1, 0.15) is 0 Å². The van der Waals surface area contributed by atoms with Gasteiger partial charge in [0.25, 0.3) is 0 Å². The molecule has 0 aromatic rings. The maximum atomic E-state index is 11.3. The summed E-state index contributed by atoms with van der Waals surface area (Å²) in [7, 11) is 0. The molecule has 0 aromatic carbocycles. The van der Waals surface area contributed by atoms with Crippen molar-refractivity contribution in [2.75, 3.05) is 24.7 Å². The molecule has 0 radical (unpaired) electrons. The zero-order valence-electron chi connectivity index (χ0n) is 9.79. The lowest BCUT2D eigenvalue weighted by Gasteiger charge is -2.10. The molecule has 1 unspecified atom stereocenters. The summed E-state index contributed by atoms with van der Waals surface area (Å²) in [6, 6.07) is 0.